The maximum Gasteiger partial charge on any atom is 0.227 e. The van der Waals surface area contributed by atoms with Crippen molar-refractivity contribution in [2.45, 2.75) is 27.2 Å². The van der Waals surface area contributed by atoms with Crippen LogP contribution in [0.25, 0.3) is 0 Å². The van der Waals surface area contributed by atoms with Crippen LogP contribution in [-0.4, -0.2) is 17.0 Å². The Hall–Kier alpha value is -2.10. The van der Waals surface area contributed by atoms with Crippen molar-refractivity contribution in [3.8, 4) is 11.6 Å². The quantitative estimate of drug-likeness (QED) is 0.910. The van der Waals surface area contributed by atoms with Crippen LogP contribution in [0.2, 0.25) is 0 Å². The fourth-order valence-corrected chi connectivity index (χ4v) is 1.76. The molecular formula is C15H19N3O. The van der Waals surface area contributed by atoms with Gasteiger partial charge in [-0.25, -0.2) is 4.98 Å². The van der Waals surface area contributed by atoms with Gasteiger partial charge in [-0.05, 0) is 26.0 Å². The summed E-state index contributed by atoms with van der Waals surface area (Å²) in [6.45, 7) is 6.03. The molecule has 0 amide bonds. The van der Waals surface area contributed by atoms with Crippen LogP contribution in [0.5, 0.6) is 11.6 Å². The van der Waals surface area contributed by atoms with Gasteiger partial charge in [0.25, 0.3) is 0 Å². The summed E-state index contributed by atoms with van der Waals surface area (Å²) in [5, 5.41) is 3.07. The Morgan fingerprint density at radius 1 is 1.11 bits per heavy atom. The molecule has 0 radical (unpaired) electrons. The van der Waals surface area contributed by atoms with Crippen LogP contribution in [0.15, 0.2) is 24.3 Å². The molecule has 19 heavy (non-hydrogen) atoms. The monoisotopic (exact) mass is 257 g/mol. The van der Waals surface area contributed by atoms with Crippen LogP contribution >= 0.6 is 0 Å². The van der Waals surface area contributed by atoms with E-state index in [1.165, 1.54) is 5.56 Å². The second kappa shape index (κ2) is 5.69. The third-order valence-corrected chi connectivity index (χ3v) is 2.94. The van der Waals surface area contributed by atoms with Gasteiger partial charge in [-0.3, -0.25) is 0 Å². The van der Waals surface area contributed by atoms with Crippen LogP contribution in [0, 0.1) is 13.8 Å². The highest BCUT2D eigenvalue weighted by atomic mass is 16.5. The Kier molecular flexibility index (Phi) is 4.00. The highest BCUT2D eigenvalue weighted by Crippen LogP contribution is 2.27. The van der Waals surface area contributed by atoms with Crippen LogP contribution < -0.4 is 10.1 Å². The number of nitrogens with zero attached hydrogens (tertiary/aromatic N) is 2. The first-order chi connectivity index (χ1) is 9.13. The molecule has 100 valence electrons. The molecule has 1 heterocycles. The summed E-state index contributed by atoms with van der Waals surface area (Å²) >= 11 is 0. The van der Waals surface area contributed by atoms with E-state index in [2.05, 4.69) is 15.3 Å². The zero-order valence-corrected chi connectivity index (χ0v) is 11.8. The van der Waals surface area contributed by atoms with Crippen molar-refractivity contribution >= 4 is 5.82 Å². The summed E-state index contributed by atoms with van der Waals surface area (Å²) in [6, 6.07) is 7.93. The maximum absolute atomic E-state index is 5.86. The summed E-state index contributed by atoms with van der Waals surface area (Å²) < 4.78 is 5.86. The number of rotatable bonds is 4. The van der Waals surface area contributed by atoms with E-state index in [1.807, 2.05) is 52.1 Å². The largest absolute Gasteiger partial charge is 0.439 e. The van der Waals surface area contributed by atoms with E-state index in [-0.39, 0.29) is 0 Å². The maximum atomic E-state index is 5.86. The fourth-order valence-electron chi connectivity index (χ4n) is 1.76. The van der Waals surface area contributed by atoms with Gasteiger partial charge in [0.05, 0.1) is 5.56 Å². The van der Waals surface area contributed by atoms with E-state index in [9.17, 15) is 0 Å². The van der Waals surface area contributed by atoms with Gasteiger partial charge in [0, 0.05) is 13.5 Å². The molecule has 0 bridgehead atoms. The molecule has 0 aliphatic rings. The van der Waals surface area contributed by atoms with Crippen molar-refractivity contribution in [1.29, 1.82) is 0 Å². The van der Waals surface area contributed by atoms with Crippen LogP contribution in [0.1, 0.15) is 23.9 Å². The highest BCUT2D eigenvalue weighted by Gasteiger charge is 2.11. The van der Waals surface area contributed by atoms with E-state index < -0.39 is 0 Å². The Balaban J connectivity index is 2.35. The zero-order chi connectivity index (χ0) is 13.8. The summed E-state index contributed by atoms with van der Waals surface area (Å²) in [7, 11) is 1.85. The average Bonchev–Trinajstić information content (AvgIpc) is 2.43. The minimum atomic E-state index is 0.611. The molecule has 2 rings (SSSR count). The van der Waals surface area contributed by atoms with Crippen molar-refractivity contribution in [3.63, 3.8) is 0 Å². The molecule has 0 saturated heterocycles. The van der Waals surface area contributed by atoms with Gasteiger partial charge >= 0.3 is 0 Å². The van der Waals surface area contributed by atoms with Crippen molar-refractivity contribution < 1.29 is 4.74 Å². The highest BCUT2D eigenvalue weighted by molar-refractivity contribution is 5.49. The number of hydrogen-bond donors (Lipinski definition) is 1. The predicted molar refractivity (Wildman–Crippen MR) is 76.9 cm³/mol. The van der Waals surface area contributed by atoms with Crippen LogP contribution in [0.4, 0.5) is 5.82 Å². The summed E-state index contributed by atoms with van der Waals surface area (Å²) in [4.78, 5) is 8.87. The Bertz CT molecular complexity index is 564. The SMILES string of the molecule is CCc1nc(NC)c(C)c(Oc2ccc(C)cc2)n1. The van der Waals surface area contributed by atoms with Crippen LogP contribution in [-0.2, 0) is 6.42 Å². The first-order valence-corrected chi connectivity index (χ1v) is 6.43. The molecule has 0 fully saturated rings. The number of benzene rings is 1. The van der Waals surface area contributed by atoms with E-state index >= 15 is 0 Å². The van der Waals surface area contributed by atoms with Gasteiger partial charge in [-0.15, -0.1) is 0 Å². The average molecular weight is 257 g/mol. The number of hydrogen-bond acceptors (Lipinski definition) is 4. The number of ether oxygens (including phenoxy) is 1. The predicted octanol–water partition coefficient (Wildman–Crippen LogP) is 3.49. The molecule has 2 aromatic rings. The molecule has 1 aromatic heterocycles. The normalized spacial score (nSPS) is 10.3. The molecule has 0 aliphatic heterocycles. The minimum absolute atomic E-state index is 0.611. The smallest absolute Gasteiger partial charge is 0.227 e. The number of aryl methyl sites for hydroxylation is 2. The topological polar surface area (TPSA) is 47.0 Å². The van der Waals surface area contributed by atoms with Gasteiger partial charge in [0.1, 0.15) is 17.4 Å². The first kappa shape index (κ1) is 13.3. The minimum Gasteiger partial charge on any atom is -0.439 e. The fraction of sp³-hybridized carbons (Fsp3) is 0.333. The lowest BCUT2D eigenvalue weighted by molar-refractivity contribution is 0.455. The lowest BCUT2D eigenvalue weighted by atomic mass is 10.2. The number of aromatic nitrogens is 2. The van der Waals surface area contributed by atoms with Gasteiger partial charge in [-0.2, -0.15) is 4.98 Å². The Labute approximate surface area is 113 Å². The van der Waals surface area contributed by atoms with Gasteiger partial charge in [0.2, 0.25) is 5.88 Å². The Morgan fingerprint density at radius 2 is 1.79 bits per heavy atom. The molecule has 0 aliphatic carbocycles. The Morgan fingerprint density at radius 3 is 2.37 bits per heavy atom. The zero-order valence-electron chi connectivity index (χ0n) is 11.8. The second-order valence-corrected chi connectivity index (χ2v) is 4.44. The third kappa shape index (κ3) is 3.02. The van der Waals surface area contributed by atoms with Crippen molar-refractivity contribution in [3.05, 3.63) is 41.2 Å². The van der Waals surface area contributed by atoms with Gasteiger partial charge in [-0.1, -0.05) is 24.6 Å². The van der Waals surface area contributed by atoms with Crippen LogP contribution in [0.3, 0.4) is 0 Å². The first-order valence-electron chi connectivity index (χ1n) is 6.43. The molecule has 4 heteroatoms. The lowest BCUT2D eigenvalue weighted by Gasteiger charge is -2.12. The van der Waals surface area contributed by atoms with Gasteiger partial charge in [0.15, 0.2) is 0 Å². The van der Waals surface area contributed by atoms with Crippen molar-refractivity contribution in [1.82, 2.24) is 9.97 Å². The van der Waals surface area contributed by atoms with E-state index in [1.54, 1.807) is 0 Å². The van der Waals surface area contributed by atoms with Crippen molar-refractivity contribution in [2.24, 2.45) is 0 Å². The lowest BCUT2D eigenvalue weighted by Crippen LogP contribution is -2.04. The number of nitrogens with one attached hydrogen (secondary N) is 1. The van der Waals surface area contributed by atoms with E-state index in [0.29, 0.717) is 5.88 Å². The molecule has 0 unspecified atom stereocenters. The summed E-state index contributed by atoms with van der Waals surface area (Å²) in [5.41, 5.74) is 2.12. The molecule has 0 atom stereocenters. The van der Waals surface area contributed by atoms with Crippen molar-refractivity contribution in [2.75, 3.05) is 12.4 Å². The molecule has 1 N–H and O–H groups in total. The molecule has 4 nitrogen and oxygen atoms in total. The summed E-state index contributed by atoms with van der Waals surface area (Å²) in [6.07, 6.45) is 0.777. The standard InChI is InChI=1S/C15H19N3O/c1-5-13-17-14(16-4)11(3)15(18-13)19-12-8-6-10(2)7-9-12/h6-9H,5H2,1-4H3,(H,16,17,18). The molecular weight excluding hydrogens is 238 g/mol. The molecule has 0 saturated carbocycles. The summed E-state index contributed by atoms with van der Waals surface area (Å²) in [5.74, 6) is 2.99. The molecule has 0 spiro atoms. The molecule has 1 aromatic carbocycles. The third-order valence-electron chi connectivity index (χ3n) is 2.94. The van der Waals surface area contributed by atoms with E-state index in [4.69, 9.17) is 4.74 Å². The number of anilines is 1. The van der Waals surface area contributed by atoms with E-state index in [0.717, 1.165) is 29.4 Å². The second-order valence-electron chi connectivity index (χ2n) is 4.44. The van der Waals surface area contributed by atoms with Gasteiger partial charge < -0.3 is 10.1 Å².